The maximum atomic E-state index is 13.0. The standard InChI is InChI=1S/C25H29NO4.C24H25NO3.C20H22BrNO2.C20H28N2O2.C20H25NO2.C18H19BrO2/c1-14-11-16(5-8-21(28)29-2)17-12-19-18-6-7-20(27)24-25(18,22(17)23(14)30-24)9-10-26(19)13-15-3-4-15;1-3-8-25-9-7-24-18-4-5-20(26)23(24)28-22-14(2)11-16(15-6-10-27-13-15)17(21(22)24)12-19(18)25;1-3-7-22-8-6-20-13-4-5-16(23)19(20)24-18-11(2)9-14(21)12(17(18)20)10-15(13)22;1-12-3-4-13-11-16-14-5-6-15(21-8-10-23)19-20(14,7-9-22(16)2)17(13)18(12)24-19;1-3-9-21-10-8-20-14-6-7-16(22)19(20)23-18-12(2)4-5-13(17(18)20)11-15(14)21;1-9-7-13(19)11-8-10-3-2-6-18-12(10)4-5-14(20)17(18)21-16(9)15(11)18/h5,8,11,15,18-19,24H,3-4,6-7,9-10,12-13H2,1-2H3;3,6,10-11,13,18-19,23H,1,4-5,7-9,12H2,2H3;3,9,13,15,19H,1,4-8,10H2,2H3;3-4,14-16,19,21,23H,5-11H2,1-2H3;3-5,14-16,19,22H,1,6-11H2,2H3;7,10,12,17H,2-6,8H2,1H3/b8-5+;;;;;/t18?,19?,24-,25-;18-,19?,23-,24-;13?,15?,19-,20-;14-,15?,16+,19-,20-;14-,15+,16?,19-,20-;10?,12?,17-,18-/m111111/s1. The normalized spacial score (nSPS) is 36.7. The Morgan fingerprint density at radius 1 is 0.460 bits per heavy atom. The van der Waals surface area contributed by atoms with Gasteiger partial charge in [-0.2, -0.15) is 0 Å². The van der Waals surface area contributed by atoms with Gasteiger partial charge in [0.15, 0.2) is 47.5 Å². The van der Waals surface area contributed by atoms with E-state index in [1.807, 2.05) is 36.6 Å². The van der Waals surface area contributed by atoms with Crippen LogP contribution in [0.1, 0.15) is 247 Å². The number of nitrogens with zero attached hydrogens (tertiary/aromatic N) is 5. The number of ether oxygens (including phenoxy) is 7. The molecule has 5 saturated heterocycles. The lowest BCUT2D eigenvalue weighted by Gasteiger charge is -2.59. The molecule has 23 heteroatoms. The van der Waals surface area contributed by atoms with Gasteiger partial charge in [-0.05, 0) is 391 Å². The van der Waals surface area contributed by atoms with E-state index in [-0.39, 0.29) is 93.6 Å². The number of rotatable bonds is 14. The number of nitrogens with one attached hydrogen (secondary N) is 1. The lowest BCUT2D eigenvalue weighted by Crippen LogP contribution is -2.68. The van der Waals surface area contributed by atoms with Crippen molar-refractivity contribution in [3.8, 4) is 45.6 Å². The predicted molar refractivity (Wildman–Crippen MR) is 583 cm³/mol. The van der Waals surface area contributed by atoms with E-state index in [1.54, 1.807) is 11.8 Å². The first-order chi connectivity index (χ1) is 72.7. The highest BCUT2D eigenvalue weighted by molar-refractivity contribution is 9.10. The molecule has 8 saturated carbocycles. The van der Waals surface area contributed by atoms with Crippen LogP contribution in [-0.4, -0.2) is 229 Å². The van der Waals surface area contributed by atoms with Crippen molar-refractivity contribution in [3.63, 3.8) is 0 Å². The van der Waals surface area contributed by atoms with Gasteiger partial charge in [-0.1, -0.05) is 80.8 Å². The fourth-order valence-electron chi connectivity index (χ4n) is 38.1. The molecule has 790 valence electrons. The number of ketones is 4. The zero-order chi connectivity index (χ0) is 103. The minimum absolute atomic E-state index is 0.00963. The zero-order valence-electron chi connectivity index (χ0n) is 88.8. The van der Waals surface area contributed by atoms with Gasteiger partial charge in [0, 0.05) is 181 Å². The summed E-state index contributed by atoms with van der Waals surface area (Å²) >= 11 is 7.58. The summed E-state index contributed by atoms with van der Waals surface area (Å²) in [4.78, 5) is 76.2. The zero-order valence-corrected chi connectivity index (χ0v) is 91.9. The first-order valence-corrected chi connectivity index (χ1v) is 59.0. The number of aliphatic hydroxyl groups excluding tert-OH is 2. The van der Waals surface area contributed by atoms with Crippen molar-refractivity contribution in [3.05, 3.63) is 226 Å². The maximum Gasteiger partial charge on any atom is 0.330 e. The molecular weight excluding hydrogens is 2010 g/mol. The fraction of sp³-hybridized carbons (Fsp3) is 0.583. The van der Waals surface area contributed by atoms with Crippen molar-refractivity contribution in [1.29, 1.82) is 0 Å². The number of hydrogen-bond donors (Lipinski definition) is 3. The first kappa shape index (κ1) is 99.2. The van der Waals surface area contributed by atoms with E-state index in [4.69, 9.17) is 37.6 Å². The molecule has 13 fully saturated rings. The number of carbonyl (C=O) groups is 5. The molecule has 1 aromatic heterocycles. The van der Waals surface area contributed by atoms with Crippen molar-refractivity contribution in [2.45, 2.75) is 333 Å². The molecule has 0 amide bonds. The molecule has 12 heterocycles. The van der Waals surface area contributed by atoms with Gasteiger partial charge < -0.3 is 58.0 Å². The molecule has 12 bridgehead atoms. The van der Waals surface area contributed by atoms with Gasteiger partial charge in [0.2, 0.25) is 0 Å². The molecule has 14 aliphatic carbocycles. The van der Waals surface area contributed by atoms with E-state index in [2.05, 4.69) is 179 Å². The fourth-order valence-corrected chi connectivity index (χ4v) is 39.5. The first-order valence-electron chi connectivity index (χ1n) is 57.4. The third-order valence-corrected chi connectivity index (χ3v) is 45.3. The number of likely N-dealkylation sites (tertiary alicyclic amines) is 5. The van der Waals surface area contributed by atoms with Gasteiger partial charge in [0.1, 0.15) is 46.7 Å². The van der Waals surface area contributed by atoms with Gasteiger partial charge in [0.05, 0.1) is 32.3 Å². The van der Waals surface area contributed by atoms with Crippen LogP contribution >= 0.6 is 31.9 Å². The van der Waals surface area contributed by atoms with E-state index in [0.717, 1.165) is 223 Å². The molecule has 7 aromatic rings. The summed E-state index contributed by atoms with van der Waals surface area (Å²) in [6.07, 6.45) is 41.2. The molecule has 9 unspecified atom stereocenters. The number of piperidine rings is 5. The number of benzene rings is 6. The van der Waals surface area contributed by atoms with Crippen LogP contribution in [0.3, 0.4) is 0 Å². The van der Waals surface area contributed by atoms with Crippen LogP contribution in [0.4, 0.5) is 0 Å². The van der Waals surface area contributed by atoms with Crippen LogP contribution < -0.4 is 33.7 Å². The van der Waals surface area contributed by atoms with Crippen LogP contribution in [0, 0.1) is 88.9 Å². The van der Waals surface area contributed by atoms with E-state index >= 15 is 0 Å². The Morgan fingerprint density at radius 3 is 1.44 bits per heavy atom. The number of aliphatic hydroxyl groups is 2. The van der Waals surface area contributed by atoms with E-state index in [0.29, 0.717) is 115 Å². The highest BCUT2D eigenvalue weighted by Crippen LogP contribution is 2.72. The maximum absolute atomic E-state index is 13.0. The SMILES string of the molecule is C=CCN1CC[C@@]23c4c5c(-c6ccoc6)cc(C)c4O[C@@H]2C(=O)CC[C@@H]3C1C5.C=CCN1CC[C@@]23c4c5c(Br)cc(C)c4O[C@@H]2C(=O)CCC3C1C5.C=CCN1CC[C@@]23c4c5ccc(C)c4O[C@@H]2C(O)CC[C@@H]3[C@@H]1C5.COC(=O)/C=C/c1cc(C)c2c3c1CC1C4CCC(=O)[C@@H](O2)[C@@]34CCN1CC1CC1.Cc1cc(Br)c2c3c1O[C@@H]1C(=O)CCC4C(CCC[C@]341)C2.Cc1ccc2c3c1O[C@@H]1C(NCCO)CC[C@@H]4[C@H](C2)N(C)CC[C@@]314. The molecule has 150 heavy (non-hydrogen) atoms. The predicted octanol–water partition coefficient (Wildman–Crippen LogP) is 19.1. The Balaban J connectivity index is 0.0000000888. The second-order valence-corrected chi connectivity index (χ2v) is 51.9. The molecule has 26 atom stereocenters. The minimum Gasteiger partial charge on any atom is -0.487 e. The van der Waals surface area contributed by atoms with Crippen molar-refractivity contribution < 1.29 is 71.8 Å². The number of esters is 1. The molecule has 0 radical (unpaired) electrons. The topological polar surface area (TPSA) is 232 Å². The number of carbonyl (C=O) groups excluding carboxylic acids is 5. The van der Waals surface area contributed by atoms with Crippen LogP contribution in [0.15, 0.2) is 125 Å². The van der Waals surface area contributed by atoms with Gasteiger partial charge >= 0.3 is 5.97 Å². The molecule has 11 aliphatic heterocycles. The highest BCUT2D eigenvalue weighted by atomic mass is 79.9. The van der Waals surface area contributed by atoms with Crippen molar-refractivity contribution in [2.75, 3.05) is 86.2 Å². The Kier molecular flexibility index (Phi) is 24.4. The van der Waals surface area contributed by atoms with Gasteiger partial charge in [-0.3, -0.25) is 38.8 Å². The smallest absolute Gasteiger partial charge is 0.330 e. The quantitative estimate of drug-likeness (QED) is 0.0522. The highest BCUT2D eigenvalue weighted by Gasteiger charge is 2.73. The van der Waals surface area contributed by atoms with Gasteiger partial charge in [-0.15, -0.1) is 19.7 Å². The lowest BCUT2D eigenvalue weighted by atomic mass is 9.48. The number of furan rings is 1. The molecular formula is C127H148Br2N6O15. The second kappa shape index (κ2) is 36.9. The summed E-state index contributed by atoms with van der Waals surface area (Å²) < 4.78 is 51.4. The Bertz CT molecular complexity index is 6840. The lowest BCUT2D eigenvalue weighted by molar-refractivity contribution is -0.139. The van der Waals surface area contributed by atoms with E-state index in [1.165, 1.54) is 176 Å². The van der Waals surface area contributed by atoms with E-state index in [9.17, 15) is 34.2 Å². The van der Waals surface area contributed by atoms with Crippen LogP contribution in [-0.2, 0) is 99.7 Å². The average molecular weight is 2160 g/mol. The summed E-state index contributed by atoms with van der Waals surface area (Å²) in [5.41, 5.74) is 27.2. The Hall–Kier alpha value is -8.85. The molecule has 6 spiro atoms. The van der Waals surface area contributed by atoms with Gasteiger partial charge in [-0.25, -0.2) is 4.79 Å². The molecule has 25 aliphatic rings. The number of hydrogen-bond acceptors (Lipinski definition) is 21. The van der Waals surface area contributed by atoms with E-state index < -0.39 is 0 Å². The number of likely N-dealkylation sites (N-methyl/N-ethyl adjacent to an activating group) is 1. The minimum atomic E-state index is -0.343. The van der Waals surface area contributed by atoms with Crippen molar-refractivity contribution >= 4 is 67.0 Å². The number of halogens is 2. The number of aryl methyl sites for hydroxylation is 6. The van der Waals surface area contributed by atoms with Crippen LogP contribution in [0.25, 0.3) is 17.2 Å². The number of Topliss-reactive ketones (excluding diaryl/α,β-unsaturated/α-hetero) is 4. The second-order valence-electron chi connectivity index (χ2n) is 50.2. The summed E-state index contributed by atoms with van der Waals surface area (Å²) in [7, 11) is 3.71. The molecule has 32 rings (SSSR count). The Morgan fingerprint density at radius 2 is 0.900 bits per heavy atom. The molecule has 21 nitrogen and oxygen atoms in total. The largest absolute Gasteiger partial charge is 0.487 e. The third kappa shape index (κ3) is 14.1. The third-order valence-electron chi connectivity index (χ3n) is 43.9. The molecule has 6 aromatic carbocycles. The van der Waals surface area contributed by atoms with Crippen LogP contribution in [0.2, 0.25) is 0 Å². The van der Waals surface area contributed by atoms with Crippen molar-refractivity contribution in [1.82, 2.24) is 29.8 Å². The Labute approximate surface area is 900 Å². The summed E-state index contributed by atoms with van der Waals surface area (Å²) in [5, 5.41) is 23.5. The molecule has 3 N–H and O–H groups in total. The number of methoxy groups -OCH3 is 1. The van der Waals surface area contributed by atoms with Crippen molar-refractivity contribution in [2.24, 2.45) is 47.3 Å². The summed E-state index contributed by atoms with van der Waals surface area (Å²) in [6.45, 7) is 34.8. The van der Waals surface area contributed by atoms with Gasteiger partial charge in [0.25, 0.3) is 0 Å². The average Bonchev–Trinajstić information content (AvgIpc) is 1.49. The van der Waals surface area contributed by atoms with Crippen LogP contribution in [0.5, 0.6) is 34.5 Å². The summed E-state index contributed by atoms with van der Waals surface area (Å²) in [6, 6.07) is 22.8. The monoisotopic (exact) mass is 2150 g/mol. The summed E-state index contributed by atoms with van der Waals surface area (Å²) in [5.74, 6) is 12.2.